The van der Waals surface area contributed by atoms with Crippen LogP contribution in [0.4, 0.5) is 21.9 Å². The number of carbonyl (C=O) groups excluding carboxylic acids is 1. The van der Waals surface area contributed by atoms with E-state index in [1.54, 1.807) is 33.5 Å². The number of pyridine rings is 1. The number of nitro groups is 1. The molecule has 14 nitrogen and oxygen atoms in total. The SMILES string of the molecule is COc1ccc(CN(C)c2cc(Cl)nc3c2ncn3C(=O)N[C@@H]2CC[C@H]2OCc2cc(N3CC(C)(OC)C3)cc([N+](=O)[O-])c2)c(OC)c1. The number of aromatic nitrogens is 3. The molecular weight excluding hydrogens is 642 g/mol. The Morgan fingerprint density at radius 2 is 1.94 bits per heavy atom. The highest BCUT2D eigenvalue weighted by Crippen LogP contribution is 2.35. The zero-order chi connectivity index (χ0) is 34.2. The van der Waals surface area contributed by atoms with Crippen molar-refractivity contribution in [3.63, 3.8) is 0 Å². The molecule has 0 spiro atoms. The van der Waals surface area contributed by atoms with Crippen LogP contribution < -0.4 is 24.6 Å². The first-order chi connectivity index (χ1) is 23.0. The quantitative estimate of drug-likeness (QED) is 0.120. The zero-order valence-corrected chi connectivity index (χ0v) is 28.2. The van der Waals surface area contributed by atoms with Crippen molar-refractivity contribution in [2.24, 2.45) is 0 Å². The van der Waals surface area contributed by atoms with Gasteiger partial charge in [0.1, 0.15) is 28.5 Å². The summed E-state index contributed by atoms with van der Waals surface area (Å²) >= 11 is 6.44. The van der Waals surface area contributed by atoms with E-state index in [9.17, 15) is 14.9 Å². The first-order valence-corrected chi connectivity index (χ1v) is 15.8. The maximum Gasteiger partial charge on any atom is 0.328 e. The highest BCUT2D eigenvalue weighted by Gasteiger charge is 2.39. The number of anilines is 2. The summed E-state index contributed by atoms with van der Waals surface area (Å²) in [6.07, 6.45) is 2.63. The maximum atomic E-state index is 13.5. The van der Waals surface area contributed by atoms with Crippen molar-refractivity contribution in [3.05, 3.63) is 75.2 Å². The summed E-state index contributed by atoms with van der Waals surface area (Å²) in [6.45, 7) is 3.92. The summed E-state index contributed by atoms with van der Waals surface area (Å²) in [6, 6.07) is 11.7. The van der Waals surface area contributed by atoms with Crippen LogP contribution in [0.5, 0.6) is 11.5 Å². The molecule has 2 aliphatic rings. The number of fused-ring (bicyclic) bond motifs is 1. The molecule has 0 bridgehead atoms. The van der Waals surface area contributed by atoms with Gasteiger partial charge in [0, 0.05) is 69.3 Å². The van der Waals surface area contributed by atoms with Crippen molar-refractivity contribution in [2.45, 2.75) is 50.7 Å². The summed E-state index contributed by atoms with van der Waals surface area (Å²) in [5, 5.41) is 14.9. The van der Waals surface area contributed by atoms with Crippen LogP contribution in [-0.4, -0.2) is 84.7 Å². The number of nitro benzene ring substituents is 1. The van der Waals surface area contributed by atoms with Crippen LogP contribution in [-0.2, 0) is 22.6 Å². The molecule has 1 saturated carbocycles. The molecule has 1 N–H and O–H groups in total. The van der Waals surface area contributed by atoms with Gasteiger partial charge in [-0.3, -0.25) is 10.1 Å². The Morgan fingerprint density at radius 1 is 1.15 bits per heavy atom. The van der Waals surface area contributed by atoms with E-state index in [0.717, 1.165) is 24.1 Å². The lowest BCUT2D eigenvalue weighted by Crippen LogP contribution is -2.61. The van der Waals surface area contributed by atoms with Crippen LogP contribution >= 0.6 is 11.6 Å². The van der Waals surface area contributed by atoms with Crippen molar-refractivity contribution in [3.8, 4) is 11.5 Å². The van der Waals surface area contributed by atoms with Gasteiger partial charge in [-0.05, 0) is 43.5 Å². The molecule has 254 valence electrons. The third-order valence-electron chi connectivity index (χ3n) is 9.05. The number of halogens is 1. The van der Waals surface area contributed by atoms with E-state index in [2.05, 4.69) is 15.3 Å². The summed E-state index contributed by atoms with van der Waals surface area (Å²) in [4.78, 5) is 37.7. The summed E-state index contributed by atoms with van der Waals surface area (Å²) < 4.78 is 23.9. The molecule has 0 unspecified atom stereocenters. The van der Waals surface area contributed by atoms with Crippen molar-refractivity contribution in [1.82, 2.24) is 19.9 Å². The highest BCUT2D eigenvalue weighted by molar-refractivity contribution is 6.30. The van der Waals surface area contributed by atoms with E-state index in [4.69, 9.17) is 30.5 Å². The predicted molar refractivity (Wildman–Crippen MR) is 180 cm³/mol. The average Bonchev–Trinajstić information content (AvgIpc) is 3.48. The fraction of sp³-hybridized carbons (Fsp3) is 0.424. The number of imidazole rings is 1. The number of rotatable bonds is 12. The summed E-state index contributed by atoms with van der Waals surface area (Å²) in [5.74, 6) is 1.36. The number of nitrogens with zero attached hydrogens (tertiary/aromatic N) is 6. The van der Waals surface area contributed by atoms with Crippen LogP contribution in [0, 0.1) is 10.1 Å². The molecule has 1 amide bonds. The number of methoxy groups -OCH3 is 3. The number of carbonyl (C=O) groups is 1. The molecule has 2 atom stereocenters. The molecule has 2 fully saturated rings. The number of amides is 1. The Balaban J connectivity index is 1.12. The number of nitrogens with one attached hydrogen (secondary N) is 1. The number of ether oxygens (including phenoxy) is 4. The minimum absolute atomic E-state index is 0.00174. The van der Waals surface area contributed by atoms with E-state index in [1.165, 1.54) is 17.0 Å². The van der Waals surface area contributed by atoms with E-state index in [-0.39, 0.29) is 35.2 Å². The highest BCUT2D eigenvalue weighted by atomic mass is 35.5. The fourth-order valence-corrected chi connectivity index (χ4v) is 6.26. The van der Waals surface area contributed by atoms with E-state index in [0.29, 0.717) is 53.5 Å². The number of hydrogen-bond acceptors (Lipinski definition) is 11. The third-order valence-corrected chi connectivity index (χ3v) is 9.24. The van der Waals surface area contributed by atoms with Gasteiger partial charge < -0.3 is 34.1 Å². The third kappa shape index (κ3) is 6.68. The smallest absolute Gasteiger partial charge is 0.328 e. The maximum absolute atomic E-state index is 13.5. The molecule has 48 heavy (non-hydrogen) atoms. The second-order valence-electron chi connectivity index (χ2n) is 12.4. The molecule has 1 saturated heterocycles. The Morgan fingerprint density at radius 3 is 2.60 bits per heavy atom. The van der Waals surface area contributed by atoms with Gasteiger partial charge in [0.25, 0.3) is 5.69 Å². The molecule has 4 aromatic rings. The Bertz CT molecular complexity index is 1840. The molecule has 1 aliphatic carbocycles. The molecule has 0 radical (unpaired) electrons. The van der Waals surface area contributed by atoms with Crippen molar-refractivity contribution in [2.75, 3.05) is 51.3 Å². The van der Waals surface area contributed by atoms with Crippen LogP contribution in [0.25, 0.3) is 11.2 Å². The van der Waals surface area contributed by atoms with Crippen molar-refractivity contribution >= 4 is 45.9 Å². The number of non-ortho nitro benzene ring substituents is 1. The Kier molecular flexibility index (Phi) is 9.32. The zero-order valence-electron chi connectivity index (χ0n) is 27.4. The van der Waals surface area contributed by atoms with Crippen LogP contribution in [0.15, 0.2) is 48.8 Å². The lowest BCUT2D eigenvalue weighted by atomic mass is 9.89. The van der Waals surface area contributed by atoms with Gasteiger partial charge in [0.15, 0.2) is 5.65 Å². The molecule has 1 aliphatic heterocycles. The van der Waals surface area contributed by atoms with E-state index in [1.807, 2.05) is 48.0 Å². The van der Waals surface area contributed by atoms with Crippen molar-refractivity contribution < 1.29 is 28.7 Å². The molecular formula is C33H38ClN7O7. The fourth-order valence-electron chi connectivity index (χ4n) is 6.07. The van der Waals surface area contributed by atoms with Gasteiger partial charge in [-0.15, -0.1) is 0 Å². The first kappa shape index (κ1) is 33.2. The standard InChI is InChI=1S/C33H38ClN7O7/c1-33(47-5)17-39(18-33)22-10-20(11-23(12-22)41(43)44)16-48-27-9-8-25(27)36-32(42)40-19-35-30-26(14-29(34)37-31(30)40)38(2)15-21-6-7-24(45-3)13-28(21)46-4/h6-7,10-14,19,25,27H,8-9,15-18H2,1-5H3,(H,36,42)/t25-,27-/m1/s1. The average molecular weight is 680 g/mol. The molecule has 3 heterocycles. The summed E-state index contributed by atoms with van der Waals surface area (Å²) in [7, 11) is 6.77. The van der Waals surface area contributed by atoms with Gasteiger partial charge in [-0.2, -0.15) is 0 Å². The number of benzene rings is 2. The minimum atomic E-state index is -0.410. The van der Waals surface area contributed by atoms with Crippen LogP contribution in [0.2, 0.25) is 5.15 Å². The number of hydrogen-bond donors (Lipinski definition) is 1. The van der Waals surface area contributed by atoms with E-state index < -0.39 is 11.0 Å². The van der Waals surface area contributed by atoms with E-state index >= 15 is 0 Å². The van der Waals surface area contributed by atoms with Gasteiger partial charge in [-0.1, -0.05) is 11.6 Å². The van der Waals surface area contributed by atoms with Gasteiger partial charge in [-0.25, -0.2) is 19.3 Å². The van der Waals surface area contributed by atoms with Crippen molar-refractivity contribution in [1.29, 1.82) is 0 Å². The monoisotopic (exact) mass is 679 g/mol. The molecule has 15 heteroatoms. The predicted octanol–water partition coefficient (Wildman–Crippen LogP) is 5.18. The van der Waals surface area contributed by atoms with Gasteiger partial charge in [0.2, 0.25) is 0 Å². The first-order valence-electron chi connectivity index (χ1n) is 15.5. The Hall–Kier alpha value is -4.66. The van der Waals surface area contributed by atoms with Gasteiger partial charge >= 0.3 is 6.03 Å². The summed E-state index contributed by atoms with van der Waals surface area (Å²) in [5.41, 5.74) is 3.62. The Labute approximate surface area is 282 Å². The second-order valence-corrected chi connectivity index (χ2v) is 12.8. The molecule has 2 aromatic carbocycles. The minimum Gasteiger partial charge on any atom is -0.497 e. The lowest BCUT2D eigenvalue weighted by molar-refractivity contribution is -0.384. The lowest BCUT2D eigenvalue weighted by Gasteiger charge is -2.48. The molecule has 6 rings (SSSR count). The van der Waals surface area contributed by atoms with Gasteiger partial charge in [0.05, 0.1) is 49.2 Å². The van der Waals surface area contributed by atoms with Crippen LogP contribution in [0.3, 0.4) is 0 Å². The van der Waals surface area contributed by atoms with Crippen LogP contribution in [0.1, 0.15) is 30.9 Å². The normalized spacial score (nSPS) is 18.2. The second kappa shape index (κ2) is 13.5. The largest absolute Gasteiger partial charge is 0.497 e. The molecule has 2 aromatic heterocycles. The topological polar surface area (TPSA) is 146 Å².